The second-order valence-electron chi connectivity index (χ2n) is 5.49. The average molecular weight is 240 g/mol. The van der Waals surface area contributed by atoms with E-state index in [1.807, 2.05) is 6.92 Å². The van der Waals surface area contributed by atoms with E-state index in [0.29, 0.717) is 5.41 Å². The fourth-order valence-corrected chi connectivity index (χ4v) is 2.68. The molecule has 0 aromatic carbocycles. The summed E-state index contributed by atoms with van der Waals surface area (Å²) in [7, 11) is 0. The molecule has 3 nitrogen and oxygen atoms in total. The second kappa shape index (κ2) is 7.00. The Kier molecular flexibility index (Phi) is 5.96. The van der Waals surface area contributed by atoms with E-state index < -0.39 is 0 Å². The van der Waals surface area contributed by atoms with Crippen LogP contribution in [-0.4, -0.2) is 25.5 Å². The molecule has 0 spiro atoms. The molecule has 3 heteroatoms. The van der Waals surface area contributed by atoms with Crippen LogP contribution in [0.2, 0.25) is 0 Å². The minimum Gasteiger partial charge on any atom is -0.355 e. The van der Waals surface area contributed by atoms with Gasteiger partial charge < -0.3 is 10.6 Å². The highest BCUT2D eigenvalue weighted by molar-refractivity contribution is 5.78. The quantitative estimate of drug-likeness (QED) is 0.717. The van der Waals surface area contributed by atoms with Gasteiger partial charge in [-0.2, -0.15) is 0 Å². The van der Waals surface area contributed by atoms with Crippen LogP contribution in [0, 0.1) is 11.3 Å². The first kappa shape index (κ1) is 14.5. The van der Waals surface area contributed by atoms with E-state index in [1.165, 1.54) is 32.1 Å². The number of carbonyl (C=O) groups excluding carboxylic acids is 1. The third kappa shape index (κ3) is 4.30. The maximum Gasteiger partial charge on any atom is 0.224 e. The molecular formula is C14H28N2O. The lowest BCUT2D eigenvalue weighted by atomic mass is 9.83. The Morgan fingerprint density at radius 2 is 1.94 bits per heavy atom. The van der Waals surface area contributed by atoms with E-state index in [4.69, 9.17) is 0 Å². The highest BCUT2D eigenvalue weighted by atomic mass is 16.1. The summed E-state index contributed by atoms with van der Waals surface area (Å²) in [5.74, 6) is 0.274. The molecule has 1 atom stereocenters. The molecule has 0 radical (unpaired) electrons. The van der Waals surface area contributed by atoms with E-state index in [2.05, 4.69) is 24.5 Å². The summed E-state index contributed by atoms with van der Waals surface area (Å²) in [6.07, 6.45) is 6.42. The third-order valence-corrected chi connectivity index (χ3v) is 4.20. The molecular weight excluding hydrogens is 212 g/mol. The lowest BCUT2D eigenvalue weighted by molar-refractivity contribution is -0.124. The summed E-state index contributed by atoms with van der Waals surface area (Å²) in [6, 6.07) is 0. The van der Waals surface area contributed by atoms with Gasteiger partial charge in [0.2, 0.25) is 5.91 Å². The van der Waals surface area contributed by atoms with E-state index in [9.17, 15) is 4.79 Å². The van der Waals surface area contributed by atoms with Crippen molar-refractivity contribution in [3.8, 4) is 0 Å². The Balaban J connectivity index is 2.31. The molecule has 1 saturated carbocycles. The van der Waals surface area contributed by atoms with E-state index in [-0.39, 0.29) is 11.8 Å². The van der Waals surface area contributed by atoms with Crippen LogP contribution in [0.5, 0.6) is 0 Å². The summed E-state index contributed by atoms with van der Waals surface area (Å²) in [5.41, 5.74) is 0.396. The molecule has 1 fully saturated rings. The number of amides is 1. The number of hydrogen-bond acceptors (Lipinski definition) is 2. The molecule has 1 amide bonds. The normalized spacial score (nSPS) is 20.2. The van der Waals surface area contributed by atoms with Crippen molar-refractivity contribution in [1.82, 2.24) is 10.6 Å². The molecule has 100 valence electrons. The summed E-state index contributed by atoms with van der Waals surface area (Å²) < 4.78 is 0. The van der Waals surface area contributed by atoms with E-state index in [0.717, 1.165) is 19.6 Å². The highest BCUT2D eigenvalue weighted by Crippen LogP contribution is 2.40. The molecule has 0 bridgehead atoms. The maximum absolute atomic E-state index is 11.9. The summed E-state index contributed by atoms with van der Waals surface area (Å²) in [6.45, 7) is 8.89. The summed E-state index contributed by atoms with van der Waals surface area (Å²) in [4.78, 5) is 11.9. The molecule has 17 heavy (non-hydrogen) atoms. The number of rotatable bonds is 7. The van der Waals surface area contributed by atoms with Gasteiger partial charge in [0.05, 0.1) is 0 Å². The SMILES string of the molecule is CCNCC(C)C(=O)NCC1(CC)CCCC1. The van der Waals surface area contributed by atoms with Gasteiger partial charge in [-0.25, -0.2) is 0 Å². The summed E-state index contributed by atoms with van der Waals surface area (Å²) in [5, 5.41) is 6.37. The Hall–Kier alpha value is -0.570. The molecule has 1 aliphatic carbocycles. The molecule has 2 N–H and O–H groups in total. The number of hydrogen-bond donors (Lipinski definition) is 2. The molecule has 1 unspecified atom stereocenters. The number of nitrogens with one attached hydrogen (secondary N) is 2. The summed E-state index contributed by atoms with van der Waals surface area (Å²) >= 11 is 0. The van der Waals surface area contributed by atoms with Gasteiger partial charge >= 0.3 is 0 Å². The lowest BCUT2D eigenvalue weighted by Crippen LogP contribution is -2.40. The Morgan fingerprint density at radius 1 is 1.29 bits per heavy atom. The first-order valence-corrected chi connectivity index (χ1v) is 7.12. The fraction of sp³-hybridized carbons (Fsp3) is 0.929. The zero-order chi connectivity index (χ0) is 12.7. The number of carbonyl (C=O) groups is 1. The molecule has 0 aromatic rings. The topological polar surface area (TPSA) is 41.1 Å². The first-order chi connectivity index (χ1) is 8.13. The van der Waals surface area contributed by atoms with Crippen LogP contribution in [0.15, 0.2) is 0 Å². The van der Waals surface area contributed by atoms with Gasteiger partial charge in [0.25, 0.3) is 0 Å². The van der Waals surface area contributed by atoms with E-state index in [1.54, 1.807) is 0 Å². The standard InChI is InChI=1S/C14H28N2O/c1-4-14(8-6-7-9-14)11-16-13(17)12(3)10-15-5-2/h12,15H,4-11H2,1-3H3,(H,16,17). The van der Waals surface area contributed by atoms with Crippen molar-refractivity contribution in [1.29, 1.82) is 0 Å². The van der Waals surface area contributed by atoms with Crippen molar-refractivity contribution in [3.63, 3.8) is 0 Å². The van der Waals surface area contributed by atoms with Gasteiger partial charge in [0.1, 0.15) is 0 Å². The van der Waals surface area contributed by atoms with Crippen molar-refractivity contribution >= 4 is 5.91 Å². The van der Waals surface area contributed by atoms with Crippen LogP contribution in [0.25, 0.3) is 0 Å². The van der Waals surface area contributed by atoms with Crippen LogP contribution < -0.4 is 10.6 Å². The predicted octanol–water partition coefficient (Wildman–Crippen LogP) is 2.32. The van der Waals surface area contributed by atoms with Gasteiger partial charge in [0.15, 0.2) is 0 Å². The van der Waals surface area contributed by atoms with Crippen molar-refractivity contribution < 1.29 is 4.79 Å². The van der Waals surface area contributed by atoms with Crippen molar-refractivity contribution in [2.45, 2.75) is 52.9 Å². The predicted molar refractivity (Wildman–Crippen MR) is 71.9 cm³/mol. The van der Waals surface area contributed by atoms with Crippen LogP contribution in [0.4, 0.5) is 0 Å². The van der Waals surface area contributed by atoms with Gasteiger partial charge in [-0.1, -0.05) is 33.6 Å². The van der Waals surface area contributed by atoms with Crippen LogP contribution in [0.1, 0.15) is 52.9 Å². The zero-order valence-corrected chi connectivity index (χ0v) is 11.6. The average Bonchev–Trinajstić information content (AvgIpc) is 2.82. The van der Waals surface area contributed by atoms with Gasteiger partial charge in [-0.05, 0) is 31.2 Å². The minimum atomic E-state index is 0.0743. The van der Waals surface area contributed by atoms with Gasteiger partial charge in [-0.3, -0.25) is 4.79 Å². The van der Waals surface area contributed by atoms with Crippen molar-refractivity contribution in [3.05, 3.63) is 0 Å². The second-order valence-corrected chi connectivity index (χ2v) is 5.49. The lowest BCUT2D eigenvalue weighted by Gasteiger charge is -2.28. The van der Waals surface area contributed by atoms with Crippen molar-refractivity contribution in [2.24, 2.45) is 11.3 Å². The molecule has 0 heterocycles. The first-order valence-electron chi connectivity index (χ1n) is 7.12. The monoisotopic (exact) mass is 240 g/mol. The molecule has 1 rings (SSSR count). The Labute approximate surface area is 106 Å². The Bertz CT molecular complexity index is 234. The Morgan fingerprint density at radius 3 is 2.47 bits per heavy atom. The molecule has 0 saturated heterocycles. The third-order valence-electron chi connectivity index (χ3n) is 4.20. The molecule has 0 aliphatic heterocycles. The maximum atomic E-state index is 11.9. The van der Waals surface area contributed by atoms with Crippen LogP contribution >= 0.6 is 0 Å². The molecule has 0 aromatic heterocycles. The van der Waals surface area contributed by atoms with Crippen molar-refractivity contribution in [2.75, 3.05) is 19.6 Å². The smallest absolute Gasteiger partial charge is 0.224 e. The minimum absolute atomic E-state index is 0.0743. The zero-order valence-electron chi connectivity index (χ0n) is 11.6. The van der Waals surface area contributed by atoms with Crippen LogP contribution in [-0.2, 0) is 4.79 Å². The van der Waals surface area contributed by atoms with Gasteiger partial charge in [0, 0.05) is 19.0 Å². The molecule has 1 aliphatic rings. The van der Waals surface area contributed by atoms with E-state index >= 15 is 0 Å². The fourth-order valence-electron chi connectivity index (χ4n) is 2.68. The highest BCUT2D eigenvalue weighted by Gasteiger charge is 2.32. The largest absolute Gasteiger partial charge is 0.355 e. The van der Waals surface area contributed by atoms with Crippen LogP contribution in [0.3, 0.4) is 0 Å². The van der Waals surface area contributed by atoms with Gasteiger partial charge in [-0.15, -0.1) is 0 Å².